The van der Waals surface area contributed by atoms with E-state index in [1.54, 1.807) is 11.3 Å². The third kappa shape index (κ3) is 3.43. The smallest absolute Gasteiger partial charge is 0.0829 e. The molecular weight excluding hydrogens is 318 g/mol. The number of hydrogen-bond donors (Lipinski definition) is 1. The van der Waals surface area contributed by atoms with Gasteiger partial charge in [0.25, 0.3) is 0 Å². The Morgan fingerprint density at radius 3 is 2.83 bits per heavy atom. The second-order valence-corrected chi connectivity index (χ2v) is 6.88. The molecule has 0 radical (unpaired) electrons. The Labute approximate surface area is 146 Å². The van der Waals surface area contributed by atoms with Gasteiger partial charge in [0.05, 0.1) is 29.3 Å². The highest BCUT2D eigenvalue weighted by Crippen LogP contribution is 2.30. The van der Waals surface area contributed by atoms with E-state index in [4.69, 9.17) is 9.72 Å². The quantitative estimate of drug-likeness (QED) is 0.769. The van der Waals surface area contributed by atoms with E-state index in [0.29, 0.717) is 0 Å². The Morgan fingerprint density at radius 1 is 1.12 bits per heavy atom. The molecule has 0 atom stereocenters. The zero-order chi connectivity index (χ0) is 16.2. The summed E-state index contributed by atoms with van der Waals surface area (Å²) in [5.41, 5.74) is 3.24. The lowest BCUT2D eigenvalue weighted by Gasteiger charge is -2.26. The maximum Gasteiger partial charge on any atom is 0.0829 e. The van der Waals surface area contributed by atoms with E-state index in [1.807, 2.05) is 6.07 Å². The maximum atomic E-state index is 5.41. The molecule has 0 aliphatic carbocycles. The molecule has 4 nitrogen and oxygen atoms in total. The molecule has 0 spiro atoms. The molecule has 4 rings (SSSR count). The third-order valence-corrected chi connectivity index (χ3v) is 5.23. The Kier molecular flexibility index (Phi) is 4.74. The van der Waals surface area contributed by atoms with Gasteiger partial charge in [-0.3, -0.25) is 4.90 Å². The van der Waals surface area contributed by atoms with Crippen molar-refractivity contribution < 1.29 is 4.74 Å². The van der Waals surface area contributed by atoms with Crippen molar-refractivity contribution in [2.24, 2.45) is 0 Å². The van der Waals surface area contributed by atoms with Crippen LogP contribution in [0.1, 0.15) is 0 Å². The monoisotopic (exact) mass is 339 g/mol. The van der Waals surface area contributed by atoms with Crippen molar-refractivity contribution in [3.8, 4) is 10.6 Å². The Balaban J connectivity index is 1.56. The molecule has 1 saturated heterocycles. The highest BCUT2D eigenvalue weighted by Gasteiger charge is 2.11. The van der Waals surface area contributed by atoms with Crippen molar-refractivity contribution in [3.05, 3.63) is 47.8 Å². The predicted molar refractivity (Wildman–Crippen MR) is 101 cm³/mol. The Bertz CT molecular complexity index is 797. The largest absolute Gasteiger partial charge is 0.383 e. The van der Waals surface area contributed by atoms with Gasteiger partial charge in [0.2, 0.25) is 0 Å². The third-order valence-electron chi connectivity index (χ3n) is 4.34. The Morgan fingerprint density at radius 2 is 2.00 bits per heavy atom. The number of para-hydroxylation sites is 1. The number of benzene rings is 1. The Hall–Kier alpha value is -1.95. The number of fused-ring (bicyclic) bond motifs is 1. The van der Waals surface area contributed by atoms with Crippen LogP contribution in [0.2, 0.25) is 0 Å². The number of pyridine rings is 1. The number of rotatable bonds is 5. The molecule has 3 aromatic rings. The molecule has 0 saturated carbocycles. The zero-order valence-corrected chi connectivity index (χ0v) is 14.4. The normalized spacial score (nSPS) is 15.7. The first-order chi connectivity index (χ1) is 11.9. The highest BCUT2D eigenvalue weighted by atomic mass is 32.1. The van der Waals surface area contributed by atoms with Gasteiger partial charge in [0.1, 0.15) is 0 Å². The van der Waals surface area contributed by atoms with Gasteiger partial charge in [-0.05, 0) is 23.6 Å². The lowest BCUT2D eigenvalue weighted by molar-refractivity contribution is 0.0398. The zero-order valence-electron chi connectivity index (χ0n) is 13.6. The van der Waals surface area contributed by atoms with Crippen molar-refractivity contribution >= 4 is 27.9 Å². The van der Waals surface area contributed by atoms with Gasteiger partial charge >= 0.3 is 0 Å². The average Bonchev–Trinajstić information content (AvgIpc) is 3.17. The molecule has 3 heterocycles. The second-order valence-electron chi connectivity index (χ2n) is 5.93. The summed E-state index contributed by atoms with van der Waals surface area (Å²) in [6.45, 7) is 5.71. The van der Waals surface area contributed by atoms with Crippen molar-refractivity contribution in [2.75, 3.05) is 44.7 Å². The van der Waals surface area contributed by atoms with E-state index in [-0.39, 0.29) is 0 Å². The summed E-state index contributed by atoms with van der Waals surface area (Å²) in [7, 11) is 0. The van der Waals surface area contributed by atoms with Crippen LogP contribution in [0, 0.1) is 0 Å². The topological polar surface area (TPSA) is 37.4 Å². The maximum absolute atomic E-state index is 5.41. The fourth-order valence-corrected chi connectivity index (χ4v) is 3.73. The summed E-state index contributed by atoms with van der Waals surface area (Å²) in [6.07, 6.45) is 0. The molecule has 24 heavy (non-hydrogen) atoms. The molecule has 1 aromatic carbocycles. The molecule has 2 aromatic heterocycles. The summed E-state index contributed by atoms with van der Waals surface area (Å²) in [5.74, 6) is 0. The van der Waals surface area contributed by atoms with Crippen LogP contribution in [-0.4, -0.2) is 49.3 Å². The summed E-state index contributed by atoms with van der Waals surface area (Å²) < 4.78 is 5.41. The molecule has 0 amide bonds. The molecule has 0 unspecified atom stereocenters. The summed E-state index contributed by atoms with van der Waals surface area (Å²) in [5, 5.41) is 6.89. The van der Waals surface area contributed by atoms with Crippen LogP contribution >= 0.6 is 11.3 Å². The predicted octanol–water partition coefficient (Wildman–Crippen LogP) is 3.71. The second kappa shape index (κ2) is 7.30. The van der Waals surface area contributed by atoms with Gasteiger partial charge in [-0.2, -0.15) is 0 Å². The van der Waals surface area contributed by atoms with Crippen LogP contribution in [0.25, 0.3) is 21.5 Å². The first-order valence-electron chi connectivity index (χ1n) is 8.38. The van der Waals surface area contributed by atoms with E-state index in [1.165, 1.54) is 10.3 Å². The fraction of sp³-hybridized carbons (Fsp3) is 0.316. The minimum absolute atomic E-state index is 0.848. The van der Waals surface area contributed by atoms with Crippen molar-refractivity contribution in [1.29, 1.82) is 0 Å². The molecule has 1 N–H and O–H groups in total. The number of thiophene rings is 1. The van der Waals surface area contributed by atoms with Crippen molar-refractivity contribution in [1.82, 2.24) is 9.88 Å². The van der Waals surface area contributed by atoms with Gasteiger partial charge in [-0.25, -0.2) is 4.98 Å². The van der Waals surface area contributed by atoms with Gasteiger partial charge in [0.15, 0.2) is 0 Å². The minimum atomic E-state index is 0.848. The lowest BCUT2D eigenvalue weighted by atomic mass is 10.1. The van der Waals surface area contributed by atoms with Gasteiger partial charge in [-0.15, -0.1) is 11.3 Å². The number of hydrogen-bond acceptors (Lipinski definition) is 5. The first-order valence-corrected chi connectivity index (χ1v) is 9.26. The molecule has 1 aliphatic rings. The fourth-order valence-electron chi connectivity index (χ4n) is 3.05. The molecule has 1 aliphatic heterocycles. The SMILES string of the molecule is c1csc(-c2cc(NCCN3CCOCC3)c3ccccc3n2)c1. The first kappa shape index (κ1) is 15.6. The summed E-state index contributed by atoms with van der Waals surface area (Å²) in [4.78, 5) is 8.47. The number of nitrogens with one attached hydrogen (secondary N) is 1. The van der Waals surface area contributed by atoms with E-state index in [2.05, 4.69) is 52.0 Å². The van der Waals surface area contributed by atoms with E-state index < -0.39 is 0 Å². The number of ether oxygens (including phenoxy) is 1. The van der Waals surface area contributed by atoms with Crippen LogP contribution in [-0.2, 0) is 4.74 Å². The number of aromatic nitrogens is 1. The van der Waals surface area contributed by atoms with E-state index in [0.717, 1.165) is 56.3 Å². The summed E-state index contributed by atoms with van der Waals surface area (Å²) >= 11 is 1.73. The number of anilines is 1. The standard InChI is InChI=1S/C19H21N3OS/c1-2-5-16-15(4-1)17(14-18(21-16)19-6-3-13-24-19)20-7-8-22-9-11-23-12-10-22/h1-6,13-14H,7-12H2,(H,20,21). The molecule has 124 valence electrons. The summed E-state index contributed by atoms with van der Waals surface area (Å²) in [6, 6.07) is 14.7. The van der Waals surface area contributed by atoms with Crippen LogP contribution in [0.4, 0.5) is 5.69 Å². The van der Waals surface area contributed by atoms with Crippen molar-refractivity contribution in [2.45, 2.75) is 0 Å². The van der Waals surface area contributed by atoms with Crippen LogP contribution < -0.4 is 5.32 Å². The van der Waals surface area contributed by atoms with E-state index >= 15 is 0 Å². The van der Waals surface area contributed by atoms with E-state index in [9.17, 15) is 0 Å². The number of morpholine rings is 1. The van der Waals surface area contributed by atoms with Crippen LogP contribution in [0.5, 0.6) is 0 Å². The minimum Gasteiger partial charge on any atom is -0.383 e. The molecule has 1 fully saturated rings. The van der Waals surface area contributed by atoms with Crippen LogP contribution in [0.15, 0.2) is 47.8 Å². The van der Waals surface area contributed by atoms with Gasteiger partial charge < -0.3 is 10.1 Å². The van der Waals surface area contributed by atoms with Gasteiger partial charge in [0, 0.05) is 37.3 Å². The lowest BCUT2D eigenvalue weighted by Crippen LogP contribution is -2.39. The average molecular weight is 339 g/mol. The van der Waals surface area contributed by atoms with Crippen molar-refractivity contribution in [3.63, 3.8) is 0 Å². The molecule has 0 bridgehead atoms. The van der Waals surface area contributed by atoms with Crippen LogP contribution in [0.3, 0.4) is 0 Å². The highest BCUT2D eigenvalue weighted by molar-refractivity contribution is 7.13. The number of nitrogens with zero attached hydrogens (tertiary/aromatic N) is 2. The molecular formula is C19H21N3OS. The van der Waals surface area contributed by atoms with Gasteiger partial charge in [-0.1, -0.05) is 24.3 Å². The molecule has 5 heteroatoms.